The van der Waals surface area contributed by atoms with Crippen molar-refractivity contribution in [2.24, 2.45) is 15.5 Å². The van der Waals surface area contributed by atoms with E-state index in [4.69, 9.17) is 0 Å². The molecule has 11 heavy (non-hydrogen) atoms. The lowest BCUT2D eigenvalue weighted by Gasteiger charge is -1.92. The van der Waals surface area contributed by atoms with Crippen molar-refractivity contribution in [1.29, 1.82) is 0 Å². The van der Waals surface area contributed by atoms with Crippen LogP contribution in [0.25, 0.3) is 0 Å². The molecule has 1 aliphatic rings. The third kappa shape index (κ3) is 1.07. The summed E-state index contributed by atoms with van der Waals surface area (Å²) in [7, 11) is 0. The van der Waals surface area contributed by atoms with Crippen LogP contribution in [-0.2, 0) is 0 Å². The van der Waals surface area contributed by atoms with Gasteiger partial charge >= 0.3 is 0 Å². The van der Waals surface area contributed by atoms with Crippen LogP contribution in [0.4, 0.5) is 0 Å². The first-order chi connectivity index (χ1) is 5.47. The van der Waals surface area contributed by atoms with Gasteiger partial charge in [0.15, 0.2) is 0 Å². The Morgan fingerprint density at radius 2 is 2.09 bits per heavy atom. The largest absolute Gasteiger partial charge is 0.253 e. The molecule has 0 saturated heterocycles. The molecule has 0 amide bonds. The first kappa shape index (κ1) is 5.96. The minimum atomic E-state index is 0.464. The summed E-state index contributed by atoms with van der Waals surface area (Å²) in [6.45, 7) is 0. The summed E-state index contributed by atoms with van der Waals surface area (Å²) >= 11 is 0. The molecular weight excluding hydrogens is 142 g/mol. The second kappa shape index (κ2) is 2.45. The quantitative estimate of drug-likeness (QED) is 0.575. The highest BCUT2D eigenvalue weighted by atomic mass is 15.6. The Morgan fingerprint density at radius 3 is 2.73 bits per heavy atom. The molecule has 1 radical (unpaired) electrons. The number of pyridine rings is 1. The fourth-order valence-electron chi connectivity index (χ4n) is 0.742. The third-order valence-electron chi connectivity index (χ3n) is 1.21. The van der Waals surface area contributed by atoms with Gasteiger partial charge in [-0.25, -0.2) is 0 Å². The second-order valence-corrected chi connectivity index (χ2v) is 1.92. The lowest BCUT2D eigenvalue weighted by molar-refractivity contribution is 0.921. The molecule has 0 saturated carbocycles. The van der Waals surface area contributed by atoms with Crippen LogP contribution >= 0.6 is 0 Å². The van der Waals surface area contributed by atoms with Crippen molar-refractivity contribution < 1.29 is 0 Å². The Balaban J connectivity index is 2.31. The molecule has 5 heteroatoms. The van der Waals surface area contributed by atoms with E-state index in [9.17, 15) is 0 Å². The molecule has 0 spiro atoms. The summed E-state index contributed by atoms with van der Waals surface area (Å²) in [5.74, 6) is 0.464. The Kier molecular flexibility index (Phi) is 1.33. The molecule has 0 N–H and O–H groups in total. The van der Waals surface area contributed by atoms with E-state index >= 15 is 0 Å². The van der Waals surface area contributed by atoms with Crippen molar-refractivity contribution >= 4 is 5.84 Å². The number of hydrogen-bond acceptors (Lipinski definition) is 4. The van der Waals surface area contributed by atoms with Gasteiger partial charge in [-0.05, 0) is 22.6 Å². The van der Waals surface area contributed by atoms with E-state index in [0.717, 1.165) is 0 Å². The van der Waals surface area contributed by atoms with Gasteiger partial charge in [-0.2, -0.15) is 0 Å². The molecule has 1 aliphatic heterocycles. The lowest BCUT2D eigenvalue weighted by atomic mass is 10.3. The molecule has 5 nitrogen and oxygen atoms in total. The van der Waals surface area contributed by atoms with Crippen LogP contribution < -0.4 is 5.43 Å². The van der Waals surface area contributed by atoms with Gasteiger partial charge in [-0.3, -0.25) is 4.98 Å². The number of aromatic nitrogens is 1. The van der Waals surface area contributed by atoms with Gasteiger partial charge in [0.05, 0.1) is 0 Å². The second-order valence-electron chi connectivity index (χ2n) is 1.92. The monoisotopic (exact) mass is 146 g/mol. The highest BCUT2D eigenvalue weighted by Gasteiger charge is 2.08. The molecule has 2 heterocycles. The predicted octanol–water partition coefficient (Wildman–Crippen LogP) is 0.728. The van der Waals surface area contributed by atoms with Crippen molar-refractivity contribution in [3.63, 3.8) is 0 Å². The smallest absolute Gasteiger partial charge is 0.225 e. The van der Waals surface area contributed by atoms with E-state index in [0.29, 0.717) is 11.5 Å². The molecule has 53 valence electrons. The van der Waals surface area contributed by atoms with Crippen LogP contribution in [0.3, 0.4) is 0 Å². The topological polar surface area (TPSA) is 64.1 Å². The summed E-state index contributed by atoms with van der Waals surface area (Å²) < 4.78 is 0. The summed E-state index contributed by atoms with van der Waals surface area (Å²) in [6, 6.07) is 5.49. The molecule has 1 aromatic rings. The van der Waals surface area contributed by atoms with E-state index < -0.39 is 0 Å². The third-order valence-corrected chi connectivity index (χ3v) is 1.21. The molecule has 0 aromatic carbocycles. The van der Waals surface area contributed by atoms with Crippen molar-refractivity contribution in [1.82, 2.24) is 10.4 Å². The maximum Gasteiger partial charge on any atom is 0.225 e. The first-order valence-electron chi connectivity index (χ1n) is 3.07. The molecule has 0 unspecified atom stereocenters. The molecule has 1 aromatic heterocycles. The fraction of sp³-hybridized carbons (Fsp3) is 0. The van der Waals surface area contributed by atoms with Gasteiger partial charge in [0.1, 0.15) is 5.69 Å². The van der Waals surface area contributed by atoms with Crippen molar-refractivity contribution in [2.75, 3.05) is 0 Å². The normalized spacial score (nSPS) is 14.4. The van der Waals surface area contributed by atoms with E-state index in [1.807, 2.05) is 12.1 Å². The van der Waals surface area contributed by atoms with Crippen LogP contribution in [0, 0.1) is 0 Å². The zero-order valence-electron chi connectivity index (χ0n) is 5.55. The standard InChI is InChI=1S/C6H4N5/c1-2-4-7-5(3-1)6-8-10-11-9-6/h1-4H. The van der Waals surface area contributed by atoms with E-state index in [2.05, 4.69) is 26.0 Å². The number of hydrogen-bond donors (Lipinski definition) is 0. The number of nitrogens with zero attached hydrogens (tertiary/aromatic N) is 5. The van der Waals surface area contributed by atoms with Crippen LogP contribution in [-0.4, -0.2) is 10.8 Å². The van der Waals surface area contributed by atoms with E-state index in [1.165, 1.54) is 0 Å². The average Bonchev–Trinajstić information content (AvgIpc) is 2.58. The zero-order valence-corrected chi connectivity index (χ0v) is 5.55. The Bertz CT molecular complexity index is 302. The minimum Gasteiger partial charge on any atom is -0.253 e. The van der Waals surface area contributed by atoms with Crippen LogP contribution in [0.1, 0.15) is 5.69 Å². The fourth-order valence-corrected chi connectivity index (χ4v) is 0.742. The van der Waals surface area contributed by atoms with Crippen molar-refractivity contribution in [2.45, 2.75) is 0 Å². The first-order valence-corrected chi connectivity index (χ1v) is 3.07. The Labute approximate surface area is 62.8 Å². The molecule has 0 bridgehead atoms. The predicted molar refractivity (Wildman–Crippen MR) is 37.8 cm³/mol. The van der Waals surface area contributed by atoms with E-state index in [1.54, 1.807) is 12.3 Å². The Morgan fingerprint density at radius 1 is 1.09 bits per heavy atom. The molecule has 2 rings (SSSR count). The summed E-state index contributed by atoms with van der Waals surface area (Å²) in [6.07, 6.45) is 1.67. The van der Waals surface area contributed by atoms with E-state index in [-0.39, 0.29) is 0 Å². The number of rotatable bonds is 1. The van der Waals surface area contributed by atoms with Gasteiger partial charge in [-0.15, -0.1) is 10.5 Å². The van der Waals surface area contributed by atoms with Crippen LogP contribution in [0.5, 0.6) is 0 Å². The minimum absolute atomic E-state index is 0.464. The molecule has 0 fully saturated rings. The maximum absolute atomic E-state index is 4.02. The van der Waals surface area contributed by atoms with Gasteiger partial charge in [0.2, 0.25) is 5.84 Å². The van der Waals surface area contributed by atoms with Crippen LogP contribution in [0.2, 0.25) is 0 Å². The van der Waals surface area contributed by atoms with Gasteiger partial charge < -0.3 is 0 Å². The maximum atomic E-state index is 4.02. The van der Waals surface area contributed by atoms with Gasteiger partial charge in [-0.1, -0.05) is 6.07 Å². The highest BCUT2D eigenvalue weighted by Crippen LogP contribution is 2.00. The Hall–Kier alpha value is -1.78. The lowest BCUT2D eigenvalue weighted by Crippen LogP contribution is -2.09. The SMILES string of the molecule is c1ccc(C2=NN=N[N]2)nc1. The average molecular weight is 146 g/mol. The molecule has 0 aliphatic carbocycles. The zero-order chi connectivity index (χ0) is 7.52. The molecular formula is C6H4N5. The number of amidine groups is 1. The van der Waals surface area contributed by atoms with Crippen LogP contribution in [0.15, 0.2) is 39.9 Å². The summed E-state index contributed by atoms with van der Waals surface area (Å²) in [5, 5.41) is 10.3. The molecule has 0 atom stereocenters. The summed E-state index contributed by atoms with van der Waals surface area (Å²) in [4.78, 5) is 4.02. The highest BCUT2D eigenvalue weighted by molar-refractivity contribution is 5.96. The summed E-state index contributed by atoms with van der Waals surface area (Å²) in [5.41, 5.74) is 4.34. The van der Waals surface area contributed by atoms with Crippen molar-refractivity contribution in [3.8, 4) is 0 Å². The van der Waals surface area contributed by atoms with Gasteiger partial charge in [0, 0.05) is 6.20 Å². The van der Waals surface area contributed by atoms with Crippen molar-refractivity contribution in [3.05, 3.63) is 30.1 Å². The van der Waals surface area contributed by atoms with Gasteiger partial charge in [0.25, 0.3) is 0 Å².